The highest BCUT2D eigenvalue weighted by molar-refractivity contribution is 5.95. The Balaban J connectivity index is 1.51. The number of pyridine rings is 1. The molecular formula is C21H26N6O. The van der Waals surface area contributed by atoms with Gasteiger partial charge in [-0.3, -0.25) is 14.5 Å². The molecule has 0 N–H and O–H groups in total. The molecule has 3 aromatic rings. The minimum absolute atomic E-state index is 0.0881. The molecular weight excluding hydrogens is 352 g/mol. The first-order valence-corrected chi connectivity index (χ1v) is 9.75. The molecule has 0 radical (unpaired) electrons. The van der Waals surface area contributed by atoms with Crippen LogP contribution in [0.3, 0.4) is 0 Å². The van der Waals surface area contributed by atoms with Gasteiger partial charge in [0, 0.05) is 62.7 Å². The fraction of sp³-hybridized carbons (Fsp3) is 0.429. The van der Waals surface area contributed by atoms with Crippen molar-refractivity contribution < 1.29 is 4.79 Å². The quantitative estimate of drug-likeness (QED) is 0.700. The average molecular weight is 378 g/mol. The van der Waals surface area contributed by atoms with Crippen LogP contribution in [0.2, 0.25) is 0 Å². The number of carbonyl (C=O) groups is 1. The average Bonchev–Trinajstić information content (AvgIpc) is 3.24. The second-order valence-electron chi connectivity index (χ2n) is 7.64. The molecule has 1 aliphatic rings. The number of likely N-dealkylation sites (tertiary alicyclic amines) is 1. The molecule has 28 heavy (non-hydrogen) atoms. The molecule has 1 unspecified atom stereocenters. The number of piperidine rings is 1. The number of amides is 1. The lowest BCUT2D eigenvalue weighted by Gasteiger charge is -2.33. The zero-order valence-corrected chi connectivity index (χ0v) is 16.7. The summed E-state index contributed by atoms with van der Waals surface area (Å²) in [7, 11) is 1.85. The number of aryl methyl sites for hydroxylation is 3. The van der Waals surface area contributed by atoms with E-state index in [4.69, 9.17) is 0 Å². The van der Waals surface area contributed by atoms with Crippen LogP contribution in [0.4, 0.5) is 0 Å². The van der Waals surface area contributed by atoms with Gasteiger partial charge in [-0.25, -0.2) is 4.98 Å². The minimum Gasteiger partial charge on any atom is -0.338 e. The number of hydrogen-bond acceptors (Lipinski definition) is 4. The Bertz CT molecular complexity index is 974. The van der Waals surface area contributed by atoms with Gasteiger partial charge in [0.15, 0.2) is 0 Å². The van der Waals surface area contributed by atoms with Gasteiger partial charge < -0.3 is 9.47 Å². The monoisotopic (exact) mass is 378 g/mol. The van der Waals surface area contributed by atoms with Gasteiger partial charge in [0.1, 0.15) is 5.82 Å². The smallest absolute Gasteiger partial charge is 0.257 e. The molecule has 7 nitrogen and oxygen atoms in total. The van der Waals surface area contributed by atoms with Crippen molar-refractivity contribution in [1.29, 1.82) is 0 Å². The normalized spacial score (nSPS) is 17.1. The molecule has 0 aromatic carbocycles. The first kappa shape index (κ1) is 18.4. The fourth-order valence-corrected chi connectivity index (χ4v) is 4.05. The Morgan fingerprint density at radius 2 is 2.14 bits per heavy atom. The second kappa shape index (κ2) is 7.58. The van der Waals surface area contributed by atoms with E-state index in [1.54, 1.807) is 10.9 Å². The minimum atomic E-state index is 0.0881. The molecule has 1 fully saturated rings. The van der Waals surface area contributed by atoms with Crippen LogP contribution in [0.25, 0.3) is 11.4 Å². The maximum Gasteiger partial charge on any atom is 0.257 e. The number of rotatable bonds is 4. The van der Waals surface area contributed by atoms with E-state index in [9.17, 15) is 4.79 Å². The SMILES string of the molecule is Cc1nn(C)cc1C(=O)N1CCCC(Cn2c(C)cnc2-c2cccnc2)C1. The van der Waals surface area contributed by atoms with Crippen molar-refractivity contribution in [2.75, 3.05) is 13.1 Å². The van der Waals surface area contributed by atoms with Gasteiger partial charge in [-0.2, -0.15) is 5.10 Å². The van der Waals surface area contributed by atoms with Crippen molar-refractivity contribution in [1.82, 2.24) is 29.2 Å². The lowest BCUT2D eigenvalue weighted by Crippen LogP contribution is -2.41. The maximum atomic E-state index is 13.0. The van der Waals surface area contributed by atoms with E-state index in [1.165, 1.54) is 0 Å². The van der Waals surface area contributed by atoms with Gasteiger partial charge in [-0.15, -0.1) is 0 Å². The third-order valence-corrected chi connectivity index (χ3v) is 5.47. The number of nitrogens with zero attached hydrogens (tertiary/aromatic N) is 6. The molecule has 7 heteroatoms. The van der Waals surface area contributed by atoms with Gasteiger partial charge in [0.2, 0.25) is 0 Å². The van der Waals surface area contributed by atoms with E-state index in [0.717, 1.165) is 55.3 Å². The zero-order valence-electron chi connectivity index (χ0n) is 16.7. The lowest BCUT2D eigenvalue weighted by atomic mass is 9.97. The number of imidazole rings is 1. The molecule has 1 amide bonds. The van der Waals surface area contributed by atoms with E-state index in [2.05, 4.69) is 26.6 Å². The van der Waals surface area contributed by atoms with Crippen LogP contribution in [-0.4, -0.2) is 48.2 Å². The Hall–Kier alpha value is -2.96. The van der Waals surface area contributed by atoms with Crippen molar-refractivity contribution in [2.24, 2.45) is 13.0 Å². The summed E-state index contributed by atoms with van der Waals surface area (Å²) >= 11 is 0. The Morgan fingerprint density at radius 1 is 1.29 bits per heavy atom. The maximum absolute atomic E-state index is 13.0. The van der Waals surface area contributed by atoms with E-state index < -0.39 is 0 Å². The molecule has 1 atom stereocenters. The Kier molecular flexibility index (Phi) is 4.98. The van der Waals surface area contributed by atoms with Crippen molar-refractivity contribution in [3.63, 3.8) is 0 Å². The van der Waals surface area contributed by atoms with Gasteiger partial charge in [0.05, 0.1) is 11.3 Å². The van der Waals surface area contributed by atoms with E-state index in [1.807, 2.05) is 49.6 Å². The third kappa shape index (κ3) is 3.56. The van der Waals surface area contributed by atoms with Crippen molar-refractivity contribution in [3.8, 4) is 11.4 Å². The standard InChI is InChI=1S/C21H26N6O/c1-15-10-23-20(18-7-4-8-22-11-18)27(15)13-17-6-5-9-26(12-17)21(28)19-14-25(3)24-16(19)2/h4,7-8,10-11,14,17H,5-6,9,12-13H2,1-3H3. The summed E-state index contributed by atoms with van der Waals surface area (Å²) in [6.07, 6.45) is 9.48. The van der Waals surface area contributed by atoms with E-state index in [0.29, 0.717) is 11.5 Å². The number of carbonyl (C=O) groups excluding carboxylic acids is 1. The molecule has 4 rings (SSSR count). The fourth-order valence-electron chi connectivity index (χ4n) is 4.05. The first-order valence-electron chi connectivity index (χ1n) is 9.75. The molecule has 1 saturated heterocycles. The van der Waals surface area contributed by atoms with Crippen LogP contribution in [0.1, 0.15) is 34.6 Å². The van der Waals surface area contributed by atoms with Gasteiger partial charge in [0.25, 0.3) is 5.91 Å². The van der Waals surface area contributed by atoms with E-state index in [-0.39, 0.29) is 5.91 Å². The predicted molar refractivity (Wildman–Crippen MR) is 107 cm³/mol. The summed E-state index contributed by atoms with van der Waals surface area (Å²) in [5.41, 5.74) is 3.65. The van der Waals surface area contributed by atoms with Gasteiger partial charge in [-0.05, 0) is 44.7 Å². The van der Waals surface area contributed by atoms with Crippen LogP contribution in [0.5, 0.6) is 0 Å². The summed E-state index contributed by atoms with van der Waals surface area (Å²) in [6, 6.07) is 3.97. The highest BCUT2D eigenvalue weighted by atomic mass is 16.2. The van der Waals surface area contributed by atoms with Crippen LogP contribution in [-0.2, 0) is 13.6 Å². The summed E-state index contributed by atoms with van der Waals surface area (Å²) < 4.78 is 3.96. The van der Waals surface area contributed by atoms with Crippen LogP contribution < -0.4 is 0 Å². The molecule has 4 heterocycles. The molecule has 0 aliphatic carbocycles. The largest absolute Gasteiger partial charge is 0.338 e. The number of hydrogen-bond donors (Lipinski definition) is 0. The van der Waals surface area contributed by atoms with Crippen LogP contribution in [0, 0.1) is 19.8 Å². The van der Waals surface area contributed by atoms with Crippen molar-refractivity contribution in [3.05, 3.63) is 53.9 Å². The van der Waals surface area contributed by atoms with Gasteiger partial charge in [-0.1, -0.05) is 0 Å². The molecule has 1 aliphatic heterocycles. The second-order valence-corrected chi connectivity index (χ2v) is 7.64. The summed E-state index contributed by atoms with van der Waals surface area (Å²) in [6.45, 7) is 6.40. The molecule has 0 saturated carbocycles. The molecule has 3 aromatic heterocycles. The van der Waals surface area contributed by atoms with Crippen LogP contribution >= 0.6 is 0 Å². The lowest BCUT2D eigenvalue weighted by molar-refractivity contribution is 0.0661. The van der Waals surface area contributed by atoms with Crippen molar-refractivity contribution in [2.45, 2.75) is 33.2 Å². The first-order chi connectivity index (χ1) is 13.5. The highest BCUT2D eigenvalue weighted by Crippen LogP contribution is 2.25. The van der Waals surface area contributed by atoms with Crippen LogP contribution in [0.15, 0.2) is 36.9 Å². The van der Waals surface area contributed by atoms with Crippen molar-refractivity contribution >= 4 is 5.91 Å². The highest BCUT2D eigenvalue weighted by Gasteiger charge is 2.27. The molecule has 0 spiro atoms. The summed E-state index contributed by atoms with van der Waals surface area (Å²) in [5.74, 6) is 1.43. The third-order valence-electron chi connectivity index (χ3n) is 5.47. The Labute approximate surface area is 165 Å². The summed E-state index contributed by atoms with van der Waals surface area (Å²) in [5, 5.41) is 4.31. The predicted octanol–water partition coefficient (Wildman–Crippen LogP) is 2.85. The summed E-state index contributed by atoms with van der Waals surface area (Å²) in [4.78, 5) is 23.8. The van der Waals surface area contributed by atoms with E-state index >= 15 is 0 Å². The number of aromatic nitrogens is 5. The molecule has 0 bridgehead atoms. The Morgan fingerprint density at radius 3 is 2.86 bits per heavy atom. The topological polar surface area (TPSA) is 68.8 Å². The van der Waals surface area contributed by atoms with Gasteiger partial charge >= 0.3 is 0 Å². The zero-order chi connectivity index (χ0) is 19.7. The molecule has 146 valence electrons.